The Kier molecular flexibility index (Phi) is 5.61. The molecule has 1 atom stereocenters. The van der Waals surface area contributed by atoms with Gasteiger partial charge in [0.1, 0.15) is 11.5 Å². The second-order valence-corrected chi connectivity index (χ2v) is 9.72. The number of hydrogen-bond acceptors (Lipinski definition) is 4. The molecule has 1 saturated heterocycles. The molecule has 2 aromatic rings. The topological polar surface area (TPSA) is 75.7 Å². The van der Waals surface area contributed by atoms with Crippen molar-refractivity contribution in [1.82, 2.24) is 9.62 Å². The van der Waals surface area contributed by atoms with Gasteiger partial charge < -0.3 is 10.1 Å². The Morgan fingerprint density at radius 1 is 1.10 bits per heavy atom. The van der Waals surface area contributed by atoms with E-state index in [9.17, 15) is 13.2 Å². The molecule has 6 nitrogen and oxygen atoms in total. The van der Waals surface area contributed by atoms with E-state index in [1.54, 1.807) is 0 Å². The average molecular weight is 415 g/mol. The zero-order valence-corrected chi connectivity index (χ0v) is 17.3. The molecule has 0 aliphatic carbocycles. The van der Waals surface area contributed by atoms with Gasteiger partial charge in [-0.1, -0.05) is 43.3 Å². The van der Waals surface area contributed by atoms with Crippen LogP contribution in [0.3, 0.4) is 0 Å². The van der Waals surface area contributed by atoms with Gasteiger partial charge in [0.25, 0.3) is 0 Å². The van der Waals surface area contributed by atoms with Crippen molar-refractivity contribution in [1.29, 1.82) is 0 Å². The molecule has 1 fully saturated rings. The maximum atomic E-state index is 13.1. The highest BCUT2D eigenvalue weighted by molar-refractivity contribution is 7.89. The summed E-state index contributed by atoms with van der Waals surface area (Å²) >= 11 is 0. The Morgan fingerprint density at radius 3 is 2.34 bits per heavy atom. The lowest BCUT2D eigenvalue weighted by molar-refractivity contribution is -0.126. The zero-order chi connectivity index (χ0) is 20.4. The minimum Gasteiger partial charge on any atom is -0.457 e. The van der Waals surface area contributed by atoms with Crippen molar-refractivity contribution in [2.75, 3.05) is 18.8 Å². The standard InChI is InChI=1S/C22H26N2O4S/c1-2-14-29(26,27)24-13-7-8-16(15-24)22(25)23-21-17-9-3-5-11-19(17)28-20-12-6-4-10-18(20)21/h3-6,9-12,16,21H,2,7-8,13-15H2,1H3,(H,23,25). The monoisotopic (exact) mass is 414 g/mol. The van der Waals surface area contributed by atoms with Crippen molar-refractivity contribution in [3.05, 3.63) is 59.7 Å². The van der Waals surface area contributed by atoms with Gasteiger partial charge in [-0.25, -0.2) is 12.7 Å². The number of sulfonamides is 1. The van der Waals surface area contributed by atoms with Gasteiger partial charge in [-0.3, -0.25) is 4.79 Å². The summed E-state index contributed by atoms with van der Waals surface area (Å²) in [6.45, 7) is 2.60. The number of nitrogens with one attached hydrogen (secondary N) is 1. The van der Waals surface area contributed by atoms with Crippen molar-refractivity contribution in [3.63, 3.8) is 0 Å². The number of piperidine rings is 1. The fourth-order valence-corrected chi connectivity index (χ4v) is 5.71. The van der Waals surface area contributed by atoms with Crippen LogP contribution in [-0.2, 0) is 14.8 Å². The van der Waals surface area contributed by atoms with Gasteiger partial charge in [-0.05, 0) is 31.4 Å². The fraction of sp³-hybridized carbons (Fsp3) is 0.409. The summed E-state index contributed by atoms with van der Waals surface area (Å²) in [4.78, 5) is 13.1. The Balaban J connectivity index is 1.56. The number of carbonyl (C=O) groups is 1. The third-order valence-electron chi connectivity index (χ3n) is 5.58. The Labute approximate surface area is 171 Å². The van der Waals surface area contributed by atoms with Gasteiger partial charge in [0.15, 0.2) is 0 Å². The molecule has 0 radical (unpaired) electrons. The van der Waals surface area contributed by atoms with E-state index in [-0.39, 0.29) is 30.2 Å². The minimum atomic E-state index is -3.30. The van der Waals surface area contributed by atoms with Gasteiger partial charge >= 0.3 is 0 Å². The van der Waals surface area contributed by atoms with Crippen LogP contribution in [0.4, 0.5) is 0 Å². The summed E-state index contributed by atoms with van der Waals surface area (Å²) < 4.78 is 32.4. The molecule has 2 aliphatic rings. The molecule has 29 heavy (non-hydrogen) atoms. The van der Waals surface area contributed by atoms with E-state index in [0.29, 0.717) is 25.8 Å². The van der Waals surface area contributed by atoms with Crippen LogP contribution in [-0.4, -0.2) is 37.5 Å². The highest BCUT2D eigenvalue weighted by atomic mass is 32.2. The molecule has 0 saturated carbocycles. The molecule has 7 heteroatoms. The predicted molar refractivity (Wildman–Crippen MR) is 111 cm³/mol. The third-order valence-corrected chi connectivity index (χ3v) is 7.62. The van der Waals surface area contributed by atoms with E-state index in [1.807, 2.05) is 55.5 Å². The first kappa shape index (κ1) is 19.9. The summed E-state index contributed by atoms with van der Waals surface area (Å²) in [5, 5.41) is 3.16. The highest BCUT2D eigenvalue weighted by Crippen LogP contribution is 2.42. The molecule has 1 unspecified atom stereocenters. The van der Waals surface area contributed by atoms with Crippen LogP contribution < -0.4 is 10.1 Å². The number of nitrogens with zero attached hydrogens (tertiary/aromatic N) is 1. The number of ether oxygens (including phenoxy) is 1. The molecule has 1 amide bonds. The number of amides is 1. The molecular weight excluding hydrogens is 388 g/mol. The molecule has 154 valence electrons. The van der Waals surface area contributed by atoms with Gasteiger partial charge in [-0.15, -0.1) is 0 Å². The second kappa shape index (κ2) is 8.16. The quantitative estimate of drug-likeness (QED) is 0.813. The van der Waals surface area contributed by atoms with Crippen LogP contribution in [0.25, 0.3) is 0 Å². The van der Waals surface area contributed by atoms with Gasteiger partial charge in [0, 0.05) is 24.2 Å². The predicted octanol–water partition coefficient (Wildman–Crippen LogP) is 3.45. The summed E-state index contributed by atoms with van der Waals surface area (Å²) in [6, 6.07) is 15.0. The van der Waals surface area contributed by atoms with Crippen LogP contribution in [0, 0.1) is 5.92 Å². The third kappa shape index (κ3) is 4.02. The minimum absolute atomic E-state index is 0.113. The first-order valence-corrected chi connectivity index (χ1v) is 11.7. The average Bonchev–Trinajstić information content (AvgIpc) is 2.73. The lowest BCUT2D eigenvalue weighted by Gasteiger charge is -2.33. The largest absolute Gasteiger partial charge is 0.457 e. The number of fused-ring (bicyclic) bond motifs is 2. The maximum Gasteiger partial charge on any atom is 0.225 e. The van der Waals surface area contributed by atoms with Crippen LogP contribution in [0.1, 0.15) is 43.4 Å². The number of para-hydroxylation sites is 2. The molecular formula is C22H26N2O4S. The summed E-state index contributed by atoms with van der Waals surface area (Å²) in [5.74, 6) is 1.12. The molecule has 2 aromatic carbocycles. The molecule has 1 N–H and O–H groups in total. The van der Waals surface area contributed by atoms with Crippen LogP contribution in [0.15, 0.2) is 48.5 Å². The number of benzene rings is 2. The van der Waals surface area contributed by atoms with Gasteiger partial charge in [0.2, 0.25) is 15.9 Å². The zero-order valence-electron chi connectivity index (χ0n) is 16.5. The molecule has 2 aliphatic heterocycles. The SMILES string of the molecule is CCCS(=O)(=O)N1CCCC(C(=O)NC2c3ccccc3Oc3ccccc32)C1. The summed E-state index contributed by atoms with van der Waals surface area (Å²) in [7, 11) is -3.30. The van der Waals surface area contributed by atoms with Crippen LogP contribution in [0.5, 0.6) is 11.5 Å². The fourth-order valence-electron chi connectivity index (χ4n) is 4.12. The first-order valence-electron chi connectivity index (χ1n) is 10.1. The van der Waals surface area contributed by atoms with Crippen LogP contribution >= 0.6 is 0 Å². The summed E-state index contributed by atoms with van der Waals surface area (Å²) in [6.07, 6.45) is 1.96. The van der Waals surface area contributed by atoms with E-state index in [2.05, 4.69) is 5.32 Å². The van der Waals surface area contributed by atoms with Crippen LogP contribution in [0.2, 0.25) is 0 Å². The van der Waals surface area contributed by atoms with E-state index >= 15 is 0 Å². The number of carbonyl (C=O) groups excluding carboxylic acids is 1. The molecule has 0 aromatic heterocycles. The molecule has 4 rings (SSSR count). The Bertz CT molecular complexity index is 960. The van der Waals surface area contributed by atoms with Crippen molar-refractivity contribution in [3.8, 4) is 11.5 Å². The summed E-state index contributed by atoms with van der Waals surface area (Å²) in [5.41, 5.74) is 1.82. The maximum absolute atomic E-state index is 13.1. The lowest BCUT2D eigenvalue weighted by atomic mass is 9.92. The molecule has 0 bridgehead atoms. The van der Waals surface area contributed by atoms with E-state index < -0.39 is 10.0 Å². The Hall–Kier alpha value is -2.38. The Morgan fingerprint density at radius 2 is 1.72 bits per heavy atom. The van der Waals surface area contributed by atoms with Crippen molar-refractivity contribution < 1.29 is 17.9 Å². The van der Waals surface area contributed by atoms with E-state index in [0.717, 1.165) is 22.6 Å². The normalized spacial score (nSPS) is 19.7. The number of rotatable bonds is 5. The number of hydrogen-bond donors (Lipinski definition) is 1. The van der Waals surface area contributed by atoms with Crippen molar-refractivity contribution in [2.45, 2.75) is 32.2 Å². The van der Waals surface area contributed by atoms with Gasteiger partial charge in [-0.2, -0.15) is 0 Å². The van der Waals surface area contributed by atoms with Gasteiger partial charge in [0.05, 0.1) is 17.7 Å². The van der Waals surface area contributed by atoms with Crippen molar-refractivity contribution >= 4 is 15.9 Å². The second-order valence-electron chi connectivity index (χ2n) is 7.63. The smallest absolute Gasteiger partial charge is 0.225 e. The van der Waals surface area contributed by atoms with E-state index in [4.69, 9.17) is 4.74 Å². The molecule has 2 heterocycles. The molecule has 0 spiro atoms. The van der Waals surface area contributed by atoms with Crippen molar-refractivity contribution in [2.24, 2.45) is 5.92 Å². The first-order chi connectivity index (χ1) is 14.0. The highest BCUT2D eigenvalue weighted by Gasteiger charge is 2.34. The van der Waals surface area contributed by atoms with E-state index in [1.165, 1.54) is 4.31 Å². The lowest BCUT2D eigenvalue weighted by Crippen LogP contribution is -2.46.